The van der Waals surface area contributed by atoms with Crippen LogP contribution in [0.15, 0.2) is 30.6 Å². The number of hydrogen-bond acceptors (Lipinski definition) is 2. The van der Waals surface area contributed by atoms with Crippen molar-refractivity contribution in [1.82, 2.24) is 4.98 Å². The molecule has 0 bridgehead atoms. The van der Waals surface area contributed by atoms with Gasteiger partial charge in [0.05, 0.1) is 0 Å². The van der Waals surface area contributed by atoms with E-state index in [9.17, 15) is 0 Å². The zero-order chi connectivity index (χ0) is 7.23. The fourth-order valence-electron chi connectivity index (χ4n) is 0.679. The predicted molar refractivity (Wildman–Crippen MR) is 42.3 cm³/mol. The van der Waals surface area contributed by atoms with Gasteiger partial charge in [0, 0.05) is 18.9 Å². The summed E-state index contributed by atoms with van der Waals surface area (Å²) >= 11 is 0. The van der Waals surface area contributed by atoms with E-state index in [1.54, 1.807) is 12.4 Å². The van der Waals surface area contributed by atoms with Gasteiger partial charge in [-0.05, 0) is 11.6 Å². The molecule has 10 heavy (non-hydrogen) atoms. The molecule has 1 heterocycles. The van der Waals surface area contributed by atoms with Crippen LogP contribution in [0.2, 0.25) is 0 Å². The van der Waals surface area contributed by atoms with Gasteiger partial charge in [-0.1, -0.05) is 18.2 Å². The fraction of sp³-hybridized carbons (Fsp3) is 0.125. The fourth-order valence-corrected chi connectivity index (χ4v) is 0.679. The molecule has 2 N–H and O–H groups in total. The first-order chi connectivity index (χ1) is 4.93. The highest BCUT2D eigenvalue weighted by Gasteiger charge is 1.80. The van der Waals surface area contributed by atoms with Crippen LogP contribution in [0.5, 0.6) is 0 Å². The van der Waals surface area contributed by atoms with E-state index < -0.39 is 0 Å². The van der Waals surface area contributed by atoms with Gasteiger partial charge >= 0.3 is 0 Å². The van der Waals surface area contributed by atoms with E-state index in [0.717, 1.165) is 5.56 Å². The molecule has 2 heteroatoms. The average molecular weight is 134 g/mol. The lowest BCUT2D eigenvalue weighted by molar-refractivity contribution is 1.26. The summed E-state index contributed by atoms with van der Waals surface area (Å²) in [6, 6.07) is 3.88. The highest BCUT2D eigenvalue weighted by molar-refractivity contribution is 5.47. The molecule has 1 rings (SSSR count). The first-order valence-electron chi connectivity index (χ1n) is 3.20. The first kappa shape index (κ1) is 6.96. The Morgan fingerprint density at radius 2 is 2.50 bits per heavy atom. The van der Waals surface area contributed by atoms with Gasteiger partial charge in [-0.3, -0.25) is 4.98 Å². The highest BCUT2D eigenvalue weighted by atomic mass is 14.6. The van der Waals surface area contributed by atoms with Crippen molar-refractivity contribution in [2.24, 2.45) is 5.73 Å². The topological polar surface area (TPSA) is 38.9 Å². The van der Waals surface area contributed by atoms with Crippen LogP contribution in [0.4, 0.5) is 0 Å². The van der Waals surface area contributed by atoms with Gasteiger partial charge in [0.15, 0.2) is 0 Å². The molecule has 0 aromatic carbocycles. The maximum absolute atomic E-state index is 5.27. The second-order valence-corrected chi connectivity index (χ2v) is 1.92. The van der Waals surface area contributed by atoms with Crippen molar-refractivity contribution >= 4 is 6.08 Å². The Morgan fingerprint density at radius 3 is 3.10 bits per heavy atom. The minimum Gasteiger partial charge on any atom is -0.327 e. The molecule has 1 aromatic heterocycles. The van der Waals surface area contributed by atoms with Crippen LogP contribution >= 0.6 is 0 Å². The molecule has 0 amide bonds. The van der Waals surface area contributed by atoms with Crippen LogP contribution in [0.1, 0.15) is 5.56 Å². The molecule has 0 saturated heterocycles. The van der Waals surface area contributed by atoms with Gasteiger partial charge in [0.25, 0.3) is 0 Å². The minimum atomic E-state index is 0.578. The molecule has 0 saturated carbocycles. The molecule has 52 valence electrons. The van der Waals surface area contributed by atoms with E-state index in [1.807, 2.05) is 24.3 Å². The van der Waals surface area contributed by atoms with Crippen LogP contribution in [-0.4, -0.2) is 11.5 Å². The highest BCUT2D eigenvalue weighted by Crippen LogP contribution is 1.96. The third-order valence-electron chi connectivity index (χ3n) is 1.13. The Kier molecular flexibility index (Phi) is 2.64. The summed E-state index contributed by atoms with van der Waals surface area (Å²) in [6.45, 7) is 0.578. The van der Waals surface area contributed by atoms with E-state index in [1.165, 1.54) is 0 Å². The lowest BCUT2D eigenvalue weighted by atomic mass is 10.3. The molecule has 0 fully saturated rings. The van der Waals surface area contributed by atoms with Crippen LogP contribution in [0, 0.1) is 0 Å². The third kappa shape index (κ3) is 1.99. The summed E-state index contributed by atoms with van der Waals surface area (Å²) in [7, 11) is 0. The van der Waals surface area contributed by atoms with Gasteiger partial charge in [0.2, 0.25) is 0 Å². The largest absolute Gasteiger partial charge is 0.327 e. The molecular weight excluding hydrogens is 124 g/mol. The standard InChI is InChI=1S/C8H10N2/c9-5-1-3-8-4-2-6-10-7-8/h1-4,6-7H,5,9H2/b3-1-. The van der Waals surface area contributed by atoms with Crippen LogP contribution in [0.25, 0.3) is 6.08 Å². The van der Waals surface area contributed by atoms with Crippen LogP contribution in [0.3, 0.4) is 0 Å². The zero-order valence-corrected chi connectivity index (χ0v) is 5.70. The number of aromatic nitrogens is 1. The lowest BCUT2D eigenvalue weighted by Gasteiger charge is -1.87. The molecule has 2 nitrogen and oxygen atoms in total. The van der Waals surface area contributed by atoms with E-state index >= 15 is 0 Å². The number of pyridine rings is 1. The summed E-state index contributed by atoms with van der Waals surface area (Å²) in [5.41, 5.74) is 6.36. The Balaban J connectivity index is 2.67. The van der Waals surface area contributed by atoms with Crippen molar-refractivity contribution in [3.63, 3.8) is 0 Å². The van der Waals surface area contributed by atoms with Crippen LogP contribution < -0.4 is 5.73 Å². The Morgan fingerprint density at radius 1 is 1.60 bits per heavy atom. The molecule has 0 radical (unpaired) electrons. The third-order valence-corrected chi connectivity index (χ3v) is 1.13. The Labute approximate surface area is 60.4 Å². The number of rotatable bonds is 2. The van der Waals surface area contributed by atoms with Crippen molar-refractivity contribution in [3.05, 3.63) is 36.2 Å². The molecule has 0 aliphatic carbocycles. The summed E-state index contributed by atoms with van der Waals surface area (Å²) in [4.78, 5) is 3.95. The lowest BCUT2D eigenvalue weighted by Crippen LogP contribution is -1.91. The second-order valence-electron chi connectivity index (χ2n) is 1.92. The molecule has 0 aliphatic rings. The smallest absolute Gasteiger partial charge is 0.0340 e. The van der Waals surface area contributed by atoms with E-state index in [2.05, 4.69) is 4.98 Å². The van der Waals surface area contributed by atoms with Crippen molar-refractivity contribution < 1.29 is 0 Å². The number of nitrogens with zero attached hydrogens (tertiary/aromatic N) is 1. The van der Waals surface area contributed by atoms with Crippen molar-refractivity contribution in [2.75, 3.05) is 6.54 Å². The average Bonchev–Trinajstić information content (AvgIpc) is 2.03. The molecule has 1 aromatic rings. The van der Waals surface area contributed by atoms with Gasteiger partial charge < -0.3 is 5.73 Å². The van der Waals surface area contributed by atoms with Gasteiger partial charge in [0.1, 0.15) is 0 Å². The first-order valence-corrected chi connectivity index (χ1v) is 3.20. The Bertz CT molecular complexity index is 204. The van der Waals surface area contributed by atoms with E-state index in [-0.39, 0.29) is 0 Å². The normalized spacial score (nSPS) is 10.5. The number of hydrogen-bond donors (Lipinski definition) is 1. The summed E-state index contributed by atoms with van der Waals surface area (Å²) in [5, 5.41) is 0. The molecule has 0 aliphatic heterocycles. The quantitative estimate of drug-likeness (QED) is 0.656. The predicted octanol–water partition coefficient (Wildman–Crippen LogP) is 1.05. The Hall–Kier alpha value is -1.15. The number of nitrogens with two attached hydrogens (primary N) is 1. The van der Waals surface area contributed by atoms with E-state index in [0.29, 0.717) is 6.54 Å². The summed E-state index contributed by atoms with van der Waals surface area (Å²) in [5.74, 6) is 0. The SMILES string of the molecule is NC/C=C\c1cccnc1. The van der Waals surface area contributed by atoms with Crippen molar-refractivity contribution in [1.29, 1.82) is 0 Å². The summed E-state index contributed by atoms with van der Waals surface area (Å²) < 4.78 is 0. The van der Waals surface area contributed by atoms with Crippen LogP contribution in [-0.2, 0) is 0 Å². The van der Waals surface area contributed by atoms with Crippen molar-refractivity contribution in [3.8, 4) is 0 Å². The maximum Gasteiger partial charge on any atom is 0.0340 e. The zero-order valence-electron chi connectivity index (χ0n) is 5.70. The maximum atomic E-state index is 5.27. The van der Waals surface area contributed by atoms with Gasteiger partial charge in [-0.25, -0.2) is 0 Å². The molecule has 0 unspecified atom stereocenters. The van der Waals surface area contributed by atoms with E-state index in [4.69, 9.17) is 5.73 Å². The second kappa shape index (κ2) is 3.80. The van der Waals surface area contributed by atoms with Gasteiger partial charge in [-0.2, -0.15) is 0 Å². The monoisotopic (exact) mass is 134 g/mol. The molecule has 0 atom stereocenters. The van der Waals surface area contributed by atoms with Crippen molar-refractivity contribution in [2.45, 2.75) is 0 Å². The molecular formula is C8H10N2. The molecule has 0 spiro atoms. The van der Waals surface area contributed by atoms with Gasteiger partial charge in [-0.15, -0.1) is 0 Å². The minimum absolute atomic E-state index is 0.578. The summed E-state index contributed by atoms with van der Waals surface area (Å²) in [6.07, 6.45) is 7.40.